The summed E-state index contributed by atoms with van der Waals surface area (Å²) < 4.78 is 22.1. The van der Waals surface area contributed by atoms with Gasteiger partial charge in [-0.2, -0.15) is 0 Å². The van der Waals surface area contributed by atoms with E-state index in [0.717, 1.165) is 0 Å². The van der Waals surface area contributed by atoms with Crippen LogP contribution in [0, 0.1) is 6.92 Å². The van der Waals surface area contributed by atoms with Crippen molar-refractivity contribution in [1.82, 2.24) is 10.5 Å². The van der Waals surface area contributed by atoms with Crippen molar-refractivity contribution < 1.29 is 33.1 Å². The average molecular weight is 581 g/mol. The first-order chi connectivity index (χ1) is 20.0. The molecule has 0 aliphatic heterocycles. The molecule has 0 radical (unpaired) electrons. The molecule has 0 bridgehead atoms. The minimum absolute atomic E-state index is 0.165. The second-order valence-electron chi connectivity index (χ2n) is 10.2. The Morgan fingerprint density at radius 3 is 2.33 bits per heavy atom. The molecule has 42 heavy (non-hydrogen) atoms. The number of rotatable bonds is 14. The lowest BCUT2D eigenvalue weighted by molar-refractivity contribution is -0.128. The molecule has 3 amide bonds. The number of amides is 3. The third-order valence-corrected chi connectivity index (χ3v) is 6.73. The lowest BCUT2D eigenvalue weighted by Crippen LogP contribution is -2.50. The fraction of sp³-hybridized carbons (Fsp3) is 0.419. The summed E-state index contributed by atoms with van der Waals surface area (Å²) in [5, 5.41) is 9.48. The number of benzene rings is 2. The molecular formula is C31H40N4O7. The van der Waals surface area contributed by atoms with E-state index in [1.807, 2.05) is 27.7 Å². The number of para-hydroxylation sites is 3. The Kier molecular flexibility index (Phi) is 11.0. The van der Waals surface area contributed by atoms with Crippen LogP contribution in [0.2, 0.25) is 0 Å². The largest absolute Gasteiger partial charge is 0.493 e. The number of hydrogen-bond donors (Lipinski definition) is 2. The molecule has 3 rings (SSSR count). The van der Waals surface area contributed by atoms with Crippen LogP contribution in [-0.4, -0.2) is 49.2 Å². The number of aromatic nitrogens is 1. The highest BCUT2D eigenvalue weighted by Gasteiger charge is 2.38. The van der Waals surface area contributed by atoms with Gasteiger partial charge in [-0.05, 0) is 52.3 Å². The fourth-order valence-electron chi connectivity index (χ4n) is 4.34. The molecule has 0 saturated heterocycles. The van der Waals surface area contributed by atoms with Crippen LogP contribution in [0.5, 0.6) is 17.2 Å². The maximum atomic E-state index is 14.2. The molecule has 1 atom stereocenters. The van der Waals surface area contributed by atoms with Crippen LogP contribution in [0.3, 0.4) is 0 Å². The van der Waals surface area contributed by atoms with Gasteiger partial charge in [0.15, 0.2) is 17.3 Å². The smallest absolute Gasteiger partial charge is 0.248 e. The van der Waals surface area contributed by atoms with Crippen LogP contribution in [-0.2, 0) is 14.4 Å². The number of carbonyl (C=O) groups is 3. The third kappa shape index (κ3) is 7.80. The molecule has 0 aliphatic carbocycles. The minimum Gasteiger partial charge on any atom is -0.493 e. The summed E-state index contributed by atoms with van der Waals surface area (Å²) in [5.74, 6) is 0.561. The summed E-state index contributed by atoms with van der Waals surface area (Å²) in [6.45, 7) is 9.64. The van der Waals surface area contributed by atoms with E-state index >= 15 is 0 Å². The highest BCUT2D eigenvalue weighted by molar-refractivity contribution is 6.04. The zero-order valence-electron chi connectivity index (χ0n) is 25.3. The number of aryl methyl sites for hydroxylation is 1. The SMILES string of the molecule is CCOc1ccccc1N(C(=O)CCC(=O)Nc1cc(C)on1)[C@H](C(=O)NC(C)(C)CC)c1cccc(OC)c1OC. The van der Waals surface area contributed by atoms with Gasteiger partial charge in [0.1, 0.15) is 17.6 Å². The van der Waals surface area contributed by atoms with E-state index in [1.54, 1.807) is 55.5 Å². The van der Waals surface area contributed by atoms with Crippen molar-refractivity contribution >= 4 is 29.2 Å². The third-order valence-electron chi connectivity index (χ3n) is 6.73. The first-order valence-electron chi connectivity index (χ1n) is 13.8. The molecular weight excluding hydrogens is 540 g/mol. The number of anilines is 2. The Hall–Kier alpha value is -4.54. The van der Waals surface area contributed by atoms with Gasteiger partial charge >= 0.3 is 0 Å². The summed E-state index contributed by atoms with van der Waals surface area (Å²) in [5.41, 5.74) is 0.199. The molecule has 2 N–H and O–H groups in total. The number of methoxy groups -OCH3 is 2. The van der Waals surface area contributed by atoms with Gasteiger partial charge < -0.3 is 29.4 Å². The molecule has 11 heteroatoms. The van der Waals surface area contributed by atoms with Crippen LogP contribution in [0.1, 0.15) is 64.3 Å². The zero-order chi connectivity index (χ0) is 30.9. The quantitative estimate of drug-likeness (QED) is 0.266. The number of nitrogens with zero attached hydrogens (tertiary/aromatic N) is 2. The molecule has 226 valence electrons. The summed E-state index contributed by atoms with van der Waals surface area (Å²) in [7, 11) is 2.97. The van der Waals surface area contributed by atoms with Crippen molar-refractivity contribution in [3.05, 3.63) is 59.9 Å². The van der Waals surface area contributed by atoms with E-state index in [9.17, 15) is 14.4 Å². The van der Waals surface area contributed by atoms with Crippen molar-refractivity contribution in [2.24, 2.45) is 0 Å². The predicted octanol–water partition coefficient (Wildman–Crippen LogP) is 5.20. The number of ether oxygens (including phenoxy) is 3. The molecule has 0 unspecified atom stereocenters. The second-order valence-corrected chi connectivity index (χ2v) is 10.2. The van der Waals surface area contributed by atoms with Crippen LogP contribution < -0.4 is 29.7 Å². The van der Waals surface area contributed by atoms with Gasteiger partial charge in [0, 0.05) is 30.0 Å². The van der Waals surface area contributed by atoms with E-state index in [-0.39, 0.29) is 18.7 Å². The van der Waals surface area contributed by atoms with Crippen molar-refractivity contribution in [2.45, 2.75) is 65.5 Å². The predicted molar refractivity (Wildman–Crippen MR) is 159 cm³/mol. The zero-order valence-corrected chi connectivity index (χ0v) is 25.3. The average Bonchev–Trinajstić information content (AvgIpc) is 3.38. The van der Waals surface area contributed by atoms with Gasteiger partial charge in [-0.25, -0.2) is 0 Å². The summed E-state index contributed by atoms with van der Waals surface area (Å²) in [6, 6.07) is 12.5. The molecule has 3 aromatic rings. The van der Waals surface area contributed by atoms with E-state index in [1.165, 1.54) is 19.1 Å². The Labute approximate surface area is 246 Å². The molecule has 0 spiro atoms. The molecule has 0 fully saturated rings. The second kappa shape index (κ2) is 14.4. The van der Waals surface area contributed by atoms with Crippen LogP contribution >= 0.6 is 0 Å². The van der Waals surface area contributed by atoms with Gasteiger partial charge in [0.05, 0.1) is 26.5 Å². The number of nitrogens with one attached hydrogen (secondary N) is 2. The topological polar surface area (TPSA) is 132 Å². The van der Waals surface area contributed by atoms with Crippen molar-refractivity contribution in [3.8, 4) is 17.2 Å². The maximum absolute atomic E-state index is 14.2. The number of carbonyl (C=O) groups excluding carboxylic acids is 3. The highest BCUT2D eigenvalue weighted by atomic mass is 16.5. The van der Waals surface area contributed by atoms with Gasteiger partial charge in [-0.1, -0.05) is 36.3 Å². The summed E-state index contributed by atoms with van der Waals surface area (Å²) in [6.07, 6.45) is 0.268. The van der Waals surface area contributed by atoms with Gasteiger partial charge in [0.2, 0.25) is 17.7 Å². The van der Waals surface area contributed by atoms with E-state index in [2.05, 4.69) is 15.8 Å². The first kappa shape index (κ1) is 32.0. The standard InChI is InChI=1S/C31H40N4O7/c1-8-31(4,5)33-30(38)28(21-13-12-16-24(39-6)29(21)40-7)35(22-14-10-11-15-23(22)41-9-2)27(37)18-17-26(36)32-25-19-20(3)42-34-25/h10-16,19,28H,8-9,17-18H2,1-7H3,(H,33,38)(H,32,34,36)/t28-/m0/s1. The summed E-state index contributed by atoms with van der Waals surface area (Å²) in [4.78, 5) is 42.5. The van der Waals surface area contributed by atoms with E-state index < -0.39 is 29.3 Å². The van der Waals surface area contributed by atoms with Crippen LogP contribution in [0.4, 0.5) is 11.5 Å². The van der Waals surface area contributed by atoms with Crippen LogP contribution in [0.15, 0.2) is 53.1 Å². The Morgan fingerprint density at radius 1 is 1.00 bits per heavy atom. The Bertz CT molecular complexity index is 1390. The van der Waals surface area contributed by atoms with Crippen molar-refractivity contribution in [3.63, 3.8) is 0 Å². The molecule has 1 heterocycles. The lowest BCUT2D eigenvalue weighted by Gasteiger charge is -2.36. The van der Waals surface area contributed by atoms with Crippen molar-refractivity contribution in [2.75, 3.05) is 31.0 Å². The van der Waals surface area contributed by atoms with Gasteiger partial charge in [0.25, 0.3) is 0 Å². The lowest BCUT2D eigenvalue weighted by atomic mass is 9.97. The van der Waals surface area contributed by atoms with Crippen LogP contribution in [0.25, 0.3) is 0 Å². The Balaban J connectivity index is 2.13. The summed E-state index contributed by atoms with van der Waals surface area (Å²) >= 11 is 0. The van der Waals surface area contributed by atoms with E-state index in [4.69, 9.17) is 18.7 Å². The highest BCUT2D eigenvalue weighted by Crippen LogP contribution is 2.42. The molecule has 2 aromatic carbocycles. The maximum Gasteiger partial charge on any atom is 0.248 e. The van der Waals surface area contributed by atoms with Gasteiger partial charge in [-0.15, -0.1) is 0 Å². The number of hydrogen-bond acceptors (Lipinski definition) is 8. The Morgan fingerprint density at radius 2 is 1.71 bits per heavy atom. The molecule has 0 saturated carbocycles. The molecule has 11 nitrogen and oxygen atoms in total. The molecule has 0 aliphatic rings. The minimum atomic E-state index is -1.20. The van der Waals surface area contributed by atoms with E-state index in [0.29, 0.717) is 47.3 Å². The van der Waals surface area contributed by atoms with Gasteiger partial charge in [-0.3, -0.25) is 19.3 Å². The monoisotopic (exact) mass is 580 g/mol. The van der Waals surface area contributed by atoms with Crippen molar-refractivity contribution in [1.29, 1.82) is 0 Å². The molecule has 1 aromatic heterocycles. The fourth-order valence-corrected chi connectivity index (χ4v) is 4.34. The normalized spacial score (nSPS) is 11.8. The first-order valence-corrected chi connectivity index (χ1v) is 13.8.